The van der Waals surface area contributed by atoms with Gasteiger partial charge in [-0.2, -0.15) is 5.10 Å². The van der Waals surface area contributed by atoms with Crippen molar-refractivity contribution >= 4 is 52.6 Å². The number of nitrogens with one attached hydrogen (secondary N) is 5. The Kier molecular flexibility index (Phi) is 15.1. The third-order valence-electron chi connectivity index (χ3n) is 10.9. The molecule has 0 fully saturated rings. The number of ether oxygens (including phenoxy) is 2. The average Bonchev–Trinajstić information content (AvgIpc) is 3.99. The Hall–Kier alpha value is -7.00. The zero-order chi connectivity index (χ0) is 44.2. The number of carbonyl (C=O) groups is 5. The fraction of sp³-hybridized carbons (Fsp3) is 0.319. The van der Waals surface area contributed by atoms with Crippen LogP contribution < -0.4 is 20.7 Å². The predicted molar refractivity (Wildman–Crippen MR) is 239 cm³/mol. The maximum absolute atomic E-state index is 13.5. The Morgan fingerprint density at radius 1 is 0.903 bits per heavy atom. The van der Waals surface area contributed by atoms with Gasteiger partial charge in [0.25, 0.3) is 11.8 Å². The number of urea groups is 1. The molecule has 5 N–H and O–H groups in total. The van der Waals surface area contributed by atoms with E-state index in [4.69, 9.17) is 9.47 Å². The fourth-order valence-corrected chi connectivity index (χ4v) is 7.35. The number of hydrogen-bond donors (Lipinski definition) is 5. The van der Waals surface area contributed by atoms with Crippen molar-refractivity contribution in [3.05, 3.63) is 118 Å². The number of aromatic amines is 2. The SMILES string of the molecule is CCN(CC)CCNC(=O)c1c(C)[nH]c(/C=C2\C(=O)Nc3ccc(CC(=O)CCC(=O)OCCN(Cc4cccc(OC)c4)C(=O)Nc4ccc(-c5cn[nH]c5)cc4)cc32)c1C. The number of amides is 4. The van der Waals surface area contributed by atoms with Crippen molar-refractivity contribution in [3.8, 4) is 16.9 Å². The van der Waals surface area contributed by atoms with Crippen LogP contribution in [0.4, 0.5) is 16.2 Å². The van der Waals surface area contributed by atoms with E-state index in [1.807, 2.05) is 50.2 Å². The van der Waals surface area contributed by atoms with Gasteiger partial charge in [-0.3, -0.25) is 24.3 Å². The number of anilines is 2. The molecule has 3 aromatic carbocycles. The Balaban J connectivity index is 1.02. The van der Waals surface area contributed by atoms with Crippen molar-refractivity contribution in [2.24, 2.45) is 0 Å². The van der Waals surface area contributed by atoms with Crippen LogP contribution in [0.2, 0.25) is 0 Å². The van der Waals surface area contributed by atoms with Crippen molar-refractivity contribution in [1.29, 1.82) is 0 Å². The normalized spacial score (nSPS) is 12.5. The van der Waals surface area contributed by atoms with Gasteiger partial charge in [-0.15, -0.1) is 0 Å². The highest BCUT2D eigenvalue weighted by molar-refractivity contribution is 6.35. The van der Waals surface area contributed by atoms with E-state index in [-0.39, 0.29) is 62.6 Å². The molecule has 0 spiro atoms. The van der Waals surface area contributed by atoms with Gasteiger partial charge in [-0.05, 0) is 91.7 Å². The Labute approximate surface area is 361 Å². The van der Waals surface area contributed by atoms with Crippen molar-refractivity contribution in [2.45, 2.75) is 53.5 Å². The van der Waals surface area contributed by atoms with E-state index in [0.29, 0.717) is 57.3 Å². The number of ketones is 1. The molecule has 0 saturated heterocycles. The summed E-state index contributed by atoms with van der Waals surface area (Å²) < 4.78 is 10.9. The van der Waals surface area contributed by atoms with Crippen LogP contribution in [-0.4, -0.2) is 101 Å². The molecule has 4 amide bonds. The minimum Gasteiger partial charge on any atom is -0.497 e. The number of benzene rings is 3. The molecule has 62 heavy (non-hydrogen) atoms. The topological polar surface area (TPSA) is 191 Å². The van der Waals surface area contributed by atoms with E-state index < -0.39 is 5.97 Å². The molecule has 0 unspecified atom stereocenters. The summed E-state index contributed by atoms with van der Waals surface area (Å²) in [6.45, 7) is 11.2. The van der Waals surface area contributed by atoms with Crippen LogP contribution in [0.25, 0.3) is 22.8 Å². The van der Waals surface area contributed by atoms with Gasteiger partial charge in [-0.25, -0.2) is 4.79 Å². The van der Waals surface area contributed by atoms with Crippen LogP contribution in [-0.2, 0) is 32.1 Å². The molecule has 324 valence electrons. The van der Waals surface area contributed by atoms with Crippen LogP contribution in [0.3, 0.4) is 0 Å². The Morgan fingerprint density at radius 3 is 2.42 bits per heavy atom. The van der Waals surface area contributed by atoms with Gasteiger partial charge in [0.05, 0.1) is 37.4 Å². The van der Waals surface area contributed by atoms with E-state index in [0.717, 1.165) is 41.9 Å². The van der Waals surface area contributed by atoms with Gasteiger partial charge < -0.3 is 40.2 Å². The second kappa shape index (κ2) is 21.0. The fourth-order valence-electron chi connectivity index (χ4n) is 7.35. The number of carbonyl (C=O) groups excluding carboxylic acids is 5. The van der Waals surface area contributed by atoms with E-state index >= 15 is 0 Å². The molecule has 15 nitrogen and oxygen atoms in total. The molecule has 5 aromatic rings. The Morgan fingerprint density at radius 2 is 1.69 bits per heavy atom. The smallest absolute Gasteiger partial charge is 0.322 e. The molecular formula is C47H54N8O7. The summed E-state index contributed by atoms with van der Waals surface area (Å²) in [7, 11) is 1.57. The molecule has 1 aliphatic heterocycles. The molecule has 15 heteroatoms. The van der Waals surface area contributed by atoms with Crippen molar-refractivity contribution in [3.63, 3.8) is 0 Å². The van der Waals surface area contributed by atoms with Gasteiger partial charge in [0.1, 0.15) is 18.1 Å². The summed E-state index contributed by atoms with van der Waals surface area (Å²) in [5.74, 6) is -0.543. The number of aryl methyl sites for hydroxylation is 1. The zero-order valence-corrected chi connectivity index (χ0v) is 35.9. The summed E-state index contributed by atoms with van der Waals surface area (Å²) in [6.07, 6.45) is 5.12. The monoisotopic (exact) mass is 842 g/mol. The first-order chi connectivity index (χ1) is 30.0. The maximum atomic E-state index is 13.5. The van der Waals surface area contributed by atoms with Crippen LogP contribution >= 0.6 is 0 Å². The van der Waals surface area contributed by atoms with Crippen molar-refractivity contribution < 1.29 is 33.4 Å². The third-order valence-corrected chi connectivity index (χ3v) is 10.9. The lowest BCUT2D eigenvalue weighted by Gasteiger charge is -2.23. The second-order valence-corrected chi connectivity index (χ2v) is 15.0. The quantitative estimate of drug-likeness (QED) is 0.0416. The number of hydrogen-bond acceptors (Lipinski definition) is 9. The number of fused-ring (bicyclic) bond motifs is 1. The molecule has 2 aromatic heterocycles. The van der Waals surface area contributed by atoms with Gasteiger partial charge >= 0.3 is 12.0 Å². The minimum atomic E-state index is -0.558. The number of methoxy groups -OCH3 is 1. The highest BCUT2D eigenvalue weighted by Crippen LogP contribution is 2.35. The lowest BCUT2D eigenvalue weighted by molar-refractivity contribution is -0.145. The Bertz CT molecular complexity index is 2420. The standard InChI is InChI=1S/C47H54N8O7/c1-6-54(7-2)20-19-48-46(59)44-30(3)42(51-31(44)4)26-40-39-25-32(11-17-41(39)53-45(40)58)23-37(56)16-18-43(57)62-22-21-55(29-33-9-8-10-38(24-33)61-5)47(60)52-36-14-12-34(13-15-36)35-27-49-50-28-35/h8-15,17,24-28,51H,6-7,16,18-23,29H2,1-5H3,(H,48,59)(H,49,50)(H,52,60)(H,53,58)/b40-26-. The van der Waals surface area contributed by atoms with Gasteiger partial charge in [-0.1, -0.05) is 44.2 Å². The van der Waals surface area contributed by atoms with E-state index in [1.54, 1.807) is 55.9 Å². The second-order valence-electron chi connectivity index (χ2n) is 15.0. The highest BCUT2D eigenvalue weighted by atomic mass is 16.5. The van der Waals surface area contributed by atoms with E-state index in [2.05, 4.69) is 49.9 Å². The lowest BCUT2D eigenvalue weighted by Crippen LogP contribution is -2.37. The van der Waals surface area contributed by atoms with Crippen molar-refractivity contribution in [1.82, 2.24) is 30.3 Å². The first-order valence-corrected chi connectivity index (χ1v) is 20.8. The van der Waals surface area contributed by atoms with Gasteiger partial charge in [0, 0.05) is 72.6 Å². The summed E-state index contributed by atoms with van der Waals surface area (Å²) >= 11 is 0. The molecular weight excluding hydrogens is 789 g/mol. The average molecular weight is 843 g/mol. The van der Waals surface area contributed by atoms with Crippen LogP contribution in [0.15, 0.2) is 79.1 Å². The molecule has 6 rings (SSSR count). The first-order valence-electron chi connectivity index (χ1n) is 20.8. The third kappa shape index (κ3) is 11.4. The molecule has 0 radical (unpaired) electrons. The summed E-state index contributed by atoms with van der Waals surface area (Å²) in [4.78, 5) is 72.8. The van der Waals surface area contributed by atoms with E-state index in [9.17, 15) is 24.0 Å². The number of likely N-dealkylation sites (N-methyl/N-ethyl adjacent to an activating group) is 1. The number of Topliss-reactive ketones (excluding diaryl/α,β-unsaturated/α-hetero) is 1. The number of nitrogens with zero attached hydrogens (tertiary/aromatic N) is 3. The van der Waals surface area contributed by atoms with Crippen LogP contribution in [0.1, 0.15) is 70.7 Å². The summed E-state index contributed by atoms with van der Waals surface area (Å²) in [5.41, 5.74) is 8.27. The minimum absolute atomic E-state index is 0.0423. The van der Waals surface area contributed by atoms with E-state index in [1.165, 1.54) is 4.90 Å². The highest BCUT2D eigenvalue weighted by Gasteiger charge is 2.27. The first kappa shape index (κ1) is 44.5. The molecule has 1 aliphatic rings. The maximum Gasteiger partial charge on any atom is 0.322 e. The molecule has 0 bridgehead atoms. The lowest BCUT2D eigenvalue weighted by atomic mass is 9.98. The number of rotatable bonds is 20. The largest absolute Gasteiger partial charge is 0.497 e. The molecule has 0 aliphatic carbocycles. The molecule has 0 saturated carbocycles. The summed E-state index contributed by atoms with van der Waals surface area (Å²) in [6, 6.07) is 19.7. The van der Waals surface area contributed by atoms with Gasteiger partial charge in [0.2, 0.25) is 0 Å². The van der Waals surface area contributed by atoms with Crippen molar-refractivity contribution in [2.75, 3.05) is 57.1 Å². The number of esters is 1. The van der Waals surface area contributed by atoms with Crippen LogP contribution in [0.5, 0.6) is 5.75 Å². The predicted octanol–water partition coefficient (Wildman–Crippen LogP) is 6.76. The van der Waals surface area contributed by atoms with Crippen LogP contribution in [0, 0.1) is 13.8 Å². The van der Waals surface area contributed by atoms with Gasteiger partial charge in [0.15, 0.2) is 0 Å². The number of aromatic nitrogens is 3. The molecule has 0 atom stereocenters. The number of H-pyrrole nitrogens is 2. The summed E-state index contributed by atoms with van der Waals surface area (Å²) in [5, 5.41) is 15.6. The molecule has 3 heterocycles. The zero-order valence-electron chi connectivity index (χ0n) is 35.9.